The molecule has 11 aromatic rings. The average Bonchev–Trinajstić information content (AvgIpc) is 3.82. The Morgan fingerprint density at radius 3 is 1.93 bits per heavy atom. The van der Waals surface area contributed by atoms with E-state index in [1.807, 2.05) is 11.8 Å². The first kappa shape index (κ1) is 45.3. The van der Waals surface area contributed by atoms with Gasteiger partial charge in [-0.1, -0.05) is 218 Å². The number of rotatable bonds is 5. The van der Waals surface area contributed by atoms with Gasteiger partial charge in [-0.15, -0.1) is 12.6 Å². The molecule has 0 bridgehead atoms. The molecular formula is C67H48B2N2O2S2. The summed E-state index contributed by atoms with van der Waals surface area (Å²) in [6, 6.07) is 81.2. The van der Waals surface area contributed by atoms with Crippen LogP contribution < -0.4 is 41.9 Å². The van der Waals surface area contributed by atoms with Crippen LogP contribution in [0.15, 0.2) is 268 Å². The Kier molecular flexibility index (Phi) is 11.0. The minimum atomic E-state index is -0.228. The SMILES string of the molecule is C=C1/C=C(\C)N(c2c(-c3ccccc3)cccc2-c2ccccc2)c2cc3c(cc2B(c2ccccc2S)C(C)c2ccccc2O1)B1c2ccccc2Sc2c1c(cc1oc4ccccc4c21)N3c1ccccc1. The highest BCUT2D eigenvalue weighted by Crippen LogP contribution is 2.50. The molecule has 3 aliphatic heterocycles. The number of allylic oxidation sites excluding steroid dienone is 2. The molecule has 14 rings (SSSR count). The fourth-order valence-electron chi connectivity index (χ4n) is 12.3. The molecule has 0 radical (unpaired) electrons. The predicted octanol–water partition coefficient (Wildman–Crippen LogP) is 14.9. The summed E-state index contributed by atoms with van der Waals surface area (Å²) >= 11 is 7.22. The zero-order valence-electron chi connectivity index (χ0n) is 41.4. The van der Waals surface area contributed by atoms with Gasteiger partial charge in [-0.2, -0.15) is 0 Å². The second kappa shape index (κ2) is 18.3. The maximum Gasteiger partial charge on any atom is 0.249 e. The lowest BCUT2D eigenvalue weighted by molar-refractivity contribution is 0.440. The number of ether oxygens (including phenoxy) is 1. The maximum atomic E-state index is 6.93. The number of benzene rings is 10. The Labute approximate surface area is 448 Å². The van der Waals surface area contributed by atoms with Gasteiger partial charge in [0.15, 0.2) is 0 Å². The van der Waals surface area contributed by atoms with Crippen LogP contribution in [0.2, 0.25) is 0 Å². The van der Waals surface area contributed by atoms with Crippen LogP contribution in [-0.4, -0.2) is 13.4 Å². The third-order valence-corrected chi connectivity index (χ3v) is 17.1. The summed E-state index contributed by atoms with van der Waals surface area (Å²) in [5.74, 6) is 1.22. The number of hydrogen-bond donors (Lipinski definition) is 1. The van der Waals surface area contributed by atoms with Gasteiger partial charge in [0.25, 0.3) is 0 Å². The van der Waals surface area contributed by atoms with Crippen molar-refractivity contribution in [3.05, 3.63) is 254 Å². The lowest BCUT2D eigenvalue weighted by atomic mass is 9.30. The van der Waals surface area contributed by atoms with Gasteiger partial charge >= 0.3 is 0 Å². The molecule has 1 aromatic heterocycles. The number of thiol groups is 1. The molecule has 356 valence electrons. The van der Waals surface area contributed by atoms with Crippen molar-refractivity contribution in [2.45, 2.75) is 34.4 Å². The second-order valence-corrected chi connectivity index (χ2v) is 21.3. The molecule has 0 saturated heterocycles. The molecule has 0 N–H and O–H groups in total. The molecule has 0 spiro atoms. The number of anilines is 5. The van der Waals surface area contributed by atoms with Crippen LogP contribution in [0.1, 0.15) is 25.2 Å². The zero-order valence-corrected chi connectivity index (χ0v) is 43.2. The Morgan fingerprint density at radius 2 is 1.19 bits per heavy atom. The molecular weight excluding hydrogens is 951 g/mol. The summed E-state index contributed by atoms with van der Waals surface area (Å²) < 4.78 is 13.8. The fourth-order valence-corrected chi connectivity index (χ4v) is 13.9. The maximum absolute atomic E-state index is 6.93. The summed E-state index contributed by atoms with van der Waals surface area (Å²) in [5, 5.41) is 2.28. The predicted molar refractivity (Wildman–Crippen MR) is 320 cm³/mol. The molecule has 0 aliphatic carbocycles. The average molecular weight is 999 g/mol. The highest BCUT2D eigenvalue weighted by molar-refractivity contribution is 8.00. The standard InChI is InChI=1S/C67H48B2N2O2S2/c1-42-38-43(2)72-59-34-17-13-28-48(59)44(3)68(52-32-15-19-36-62(52)74)54-39-55-57(40-56(54)70(42)66-49(45-22-7-4-8-23-45)30-21-31-50(66)46-24-9-5-10-25-46)71(47-26-11-6-12-27-47)58-41-61-64(51-29-14-18-35-60(51)73-61)67-65(58)69(55)53-33-16-20-37-63(53)75-67/h4-41,44,74H,2H2,1,3H3/b42-38+. The quantitative estimate of drug-likeness (QED) is 0.137. The normalized spacial score (nSPS) is 15.5. The lowest BCUT2D eigenvalue weighted by Crippen LogP contribution is -2.61. The van der Waals surface area contributed by atoms with E-state index in [2.05, 4.69) is 261 Å². The van der Waals surface area contributed by atoms with Crippen LogP contribution in [0.5, 0.6) is 5.75 Å². The second-order valence-electron chi connectivity index (χ2n) is 19.8. The van der Waals surface area contributed by atoms with Gasteiger partial charge in [0.2, 0.25) is 13.4 Å². The molecule has 1 unspecified atom stereocenters. The van der Waals surface area contributed by atoms with Crippen molar-refractivity contribution in [3.63, 3.8) is 0 Å². The van der Waals surface area contributed by atoms with Crippen molar-refractivity contribution in [2.75, 3.05) is 9.80 Å². The summed E-state index contributed by atoms with van der Waals surface area (Å²) in [6.45, 7) is 8.82. The van der Waals surface area contributed by atoms with Crippen LogP contribution in [-0.2, 0) is 0 Å². The van der Waals surface area contributed by atoms with Gasteiger partial charge in [0, 0.05) is 66.2 Å². The molecule has 10 aromatic carbocycles. The van der Waals surface area contributed by atoms with E-state index in [0.717, 1.165) is 100.0 Å². The Morgan fingerprint density at radius 1 is 0.560 bits per heavy atom. The van der Waals surface area contributed by atoms with Gasteiger partial charge < -0.3 is 19.0 Å². The molecule has 4 nitrogen and oxygen atoms in total. The van der Waals surface area contributed by atoms with Crippen LogP contribution in [0.4, 0.5) is 28.4 Å². The number of hydrogen-bond acceptors (Lipinski definition) is 6. The fraction of sp³-hybridized carbons (Fsp3) is 0.0448. The van der Waals surface area contributed by atoms with Crippen molar-refractivity contribution in [3.8, 4) is 28.0 Å². The zero-order chi connectivity index (χ0) is 50.3. The Hall–Kier alpha value is -8.29. The molecule has 3 aliphatic rings. The first-order valence-corrected chi connectivity index (χ1v) is 26.9. The molecule has 8 heteroatoms. The molecule has 75 heavy (non-hydrogen) atoms. The van der Waals surface area contributed by atoms with Gasteiger partial charge in [-0.05, 0) is 93.8 Å². The van der Waals surface area contributed by atoms with E-state index in [1.54, 1.807) is 0 Å². The van der Waals surface area contributed by atoms with E-state index in [4.69, 9.17) is 21.8 Å². The summed E-state index contributed by atoms with van der Waals surface area (Å²) in [7, 11) is 0. The highest BCUT2D eigenvalue weighted by Gasteiger charge is 2.45. The van der Waals surface area contributed by atoms with E-state index < -0.39 is 0 Å². The highest BCUT2D eigenvalue weighted by atomic mass is 32.2. The minimum Gasteiger partial charge on any atom is -0.458 e. The smallest absolute Gasteiger partial charge is 0.249 e. The molecule has 1 atom stereocenters. The van der Waals surface area contributed by atoms with Crippen LogP contribution in [0.3, 0.4) is 0 Å². The number of fused-ring (bicyclic) bond motifs is 10. The van der Waals surface area contributed by atoms with Crippen molar-refractivity contribution in [1.29, 1.82) is 0 Å². The van der Waals surface area contributed by atoms with Gasteiger partial charge in [0.05, 0.1) is 5.69 Å². The first-order chi connectivity index (χ1) is 36.9. The van der Waals surface area contributed by atoms with E-state index in [-0.39, 0.29) is 19.2 Å². The lowest BCUT2D eigenvalue weighted by Gasteiger charge is -2.42. The number of furan rings is 1. The van der Waals surface area contributed by atoms with Crippen molar-refractivity contribution < 1.29 is 9.15 Å². The van der Waals surface area contributed by atoms with Crippen LogP contribution in [0.25, 0.3) is 44.2 Å². The molecule has 0 saturated carbocycles. The van der Waals surface area contributed by atoms with Gasteiger partial charge in [-0.25, -0.2) is 0 Å². The Bertz CT molecular complexity index is 4060. The van der Waals surface area contributed by atoms with Crippen molar-refractivity contribution in [1.82, 2.24) is 0 Å². The monoisotopic (exact) mass is 998 g/mol. The van der Waals surface area contributed by atoms with E-state index in [0.29, 0.717) is 5.76 Å². The molecule has 0 fully saturated rings. The van der Waals surface area contributed by atoms with Crippen LogP contribution >= 0.6 is 24.4 Å². The topological polar surface area (TPSA) is 28.9 Å². The molecule has 4 heterocycles. The van der Waals surface area contributed by atoms with Crippen LogP contribution in [0, 0.1) is 0 Å². The Balaban J connectivity index is 1.18. The third-order valence-electron chi connectivity index (χ3n) is 15.5. The number of nitrogens with zero attached hydrogens (tertiary/aromatic N) is 2. The van der Waals surface area contributed by atoms with E-state index >= 15 is 0 Å². The van der Waals surface area contributed by atoms with Gasteiger partial charge in [-0.3, -0.25) is 0 Å². The summed E-state index contributed by atoms with van der Waals surface area (Å²) in [5.41, 5.74) is 19.6. The van der Waals surface area contributed by atoms with E-state index in [9.17, 15) is 0 Å². The summed E-state index contributed by atoms with van der Waals surface area (Å²) in [6.07, 6.45) is 2.11. The minimum absolute atomic E-state index is 0.111. The first-order valence-electron chi connectivity index (χ1n) is 25.6. The van der Waals surface area contributed by atoms with Crippen molar-refractivity contribution in [2.24, 2.45) is 0 Å². The van der Waals surface area contributed by atoms with Gasteiger partial charge in [0.1, 0.15) is 22.7 Å². The van der Waals surface area contributed by atoms with Crippen molar-refractivity contribution >= 4 is 116 Å². The third kappa shape index (κ3) is 7.41. The number of para-hydroxylation sites is 4. The van der Waals surface area contributed by atoms with E-state index in [1.165, 1.54) is 31.6 Å². The summed E-state index contributed by atoms with van der Waals surface area (Å²) in [4.78, 5) is 8.41. The molecule has 0 amide bonds. The largest absolute Gasteiger partial charge is 0.458 e.